The van der Waals surface area contributed by atoms with E-state index >= 15 is 0 Å². The molecule has 38 heavy (non-hydrogen) atoms. The van der Waals surface area contributed by atoms with E-state index in [1.165, 1.54) is 0 Å². The van der Waals surface area contributed by atoms with E-state index in [1.54, 1.807) is 6.92 Å². The van der Waals surface area contributed by atoms with Crippen molar-refractivity contribution in [3.05, 3.63) is 54.0 Å². The molecule has 0 unspecified atom stereocenters. The molecule has 3 aromatic heterocycles. The van der Waals surface area contributed by atoms with E-state index in [0.29, 0.717) is 18.5 Å². The number of aromatic amines is 1. The minimum absolute atomic E-state index is 0.146. The van der Waals surface area contributed by atoms with Gasteiger partial charge in [0.1, 0.15) is 11.5 Å². The zero-order valence-corrected chi connectivity index (χ0v) is 22.7. The van der Waals surface area contributed by atoms with E-state index < -0.39 is 0 Å². The van der Waals surface area contributed by atoms with Crippen molar-refractivity contribution < 1.29 is 4.79 Å². The summed E-state index contributed by atoms with van der Waals surface area (Å²) in [5.41, 5.74) is 5.22. The molecule has 1 aliphatic rings. The Hall–Kier alpha value is -4.08. The maximum Gasteiger partial charge on any atom is 0.229 e. The third-order valence-corrected chi connectivity index (χ3v) is 7.33. The van der Waals surface area contributed by atoms with Crippen LogP contribution < -0.4 is 15.5 Å². The average molecular weight is 516 g/mol. The predicted molar refractivity (Wildman–Crippen MR) is 152 cm³/mol. The number of amides is 1. The molecule has 0 spiro atoms. The second-order valence-electron chi connectivity index (χ2n) is 9.90. The largest absolute Gasteiger partial charge is 0.368 e. The van der Waals surface area contributed by atoms with Crippen LogP contribution in [0.2, 0.25) is 0 Å². The number of nitrogens with zero attached hydrogens (tertiary/aromatic N) is 6. The highest BCUT2D eigenvalue weighted by molar-refractivity contribution is 5.78. The van der Waals surface area contributed by atoms with E-state index in [-0.39, 0.29) is 5.91 Å². The second-order valence-corrected chi connectivity index (χ2v) is 9.90. The zero-order valence-electron chi connectivity index (χ0n) is 22.7. The van der Waals surface area contributed by atoms with Crippen molar-refractivity contribution >= 4 is 40.1 Å². The van der Waals surface area contributed by atoms with Gasteiger partial charge in [0.2, 0.25) is 11.9 Å². The first-order valence-electron chi connectivity index (χ1n) is 13.5. The van der Waals surface area contributed by atoms with Gasteiger partial charge in [-0.15, -0.1) is 0 Å². The van der Waals surface area contributed by atoms with Gasteiger partial charge in [-0.3, -0.25) is 9.89 Å². The molecule has 1 saturated heterocycles. The highest BCUT2D eigenvalue weighted by Gasteiger charge is 2.20. The first-order valence-corrected chi connectivity index (χ1v) is 13.5. The fraction of sp³-hybridized carbons (Fsp3) is 0.429. The van der Waals surface area contributed by atoms with E-state index in [1.807, 2.05) is 24.1 Å². The number of aromatic nitrogens is 5. The van der Waals surface area contributed by atoms with Crippen LogP contribution in [-0.2, 0) is 11.3 Å². The normalized spacial score (nSPS) is 13.9. The van der Waals surface area contributed by atoms with Crippen molar-refractivity contribution in [3.63, 3.8) is 0 Å². The molecule has 5 rings (SSSR count). The Bertz CT molecular complexity index is 1380. The Morgan fingerprint density at radius 1 is 1.08 bits per heavy atom. The van der Waals surface area contributed by atoms with Crippen molar-refractivity contribution in [2.24, 2.45) is 0 Å². The Labute approximate surface area is 223 Å². The Kier molecular flexibility index (Phi) is 7.48. The molecule has 0 aliphatic carbocycles. The molecule has 1 amide bonds. The molecule has 4 heterocycles. The number of carbonyl (C=O) groups is 1. The number of nitrogens with one attached hydrogen (secondary N) is 3. The fourth-order valence-corrected chi connectivity index (χ4v) is 5.17. The molecule has 1 aliphatic heterocycles. The van der Waals surface area contributed by atoms with Gasteiger partial charge in [0.25, 0.3) is 0 Å². The molecule has 1 aromatic carbocycles. The van der Waals surface area contributed by atoms with Gasteiger partial charge in [0, 0.05) is 79.6 Å². The van der Waals surface area contributed by atoms with Crippen molar-refractivity contribution in [1.82, 2.24) is 29.6 Å². The van der Waals surface area contributed by atoms with Crippen LogP contribution in [0.15, 0.2) is 42.6 Å². The minimum atomic E-state index is 0.146. The van der Waals surface area contributed by atoms with Crippen molar-refractivity contribution in [1.29, 1.82) is 0 Å². The van der Waals surface area contributed by atoms with E-state index in [2.05, 4.69) is 79.5 Å². The maximum atomic E-state index is 11.6. The predicted octanol–water partition coefficient (Wildman–Crippen LogP) is 4.85. The average Bonchev–Trinajstić information content (AvgIpc) is 3.51. The van der Waals surface area contributed by atoms with Gasteiger partial charge < -0.3 is 25.0 Å². The van der Waals surface area contributed by atoms with Crippen LogP contribution in [0.3, 0.4) is 0 Å². The second kappa shape index (κ2) is 11.1. The van der Waals surface area contributed by atoms with Gasteiger partial charge in [-0.2, -0.15) is 10.1 Å². The molecule has 0 radical (unpaired) electrons. The molecule has 0 atom stereocenters. The van der Waals surface area contributed by atoms with Gasteiger partial charge >= 0.3 is 0 Å². The summed E-state index contributed by atoms with van der Waals surface area (Å²) in [5, 5.41) is 15.1. The third kappa shape index (κ3) is 5.44. The smallest absolute Gasteiger partial charge is 0.229 e. The lowest BCUT2D eigenvalue weighted by molar-refractivity contribution is -0.129. The molecule has 10 heteroatoms. The summed E-state index contributed by atoms with van der Waals surface area (Å²) < 4.78 is 2.35. The number of anilines is 4. The molecule has 10 nitrogen and oxygen atoms in total. The number of rotatable bonds is 9. The fourth-order valence-electron chi connectivity index (χ4n) is 5.17. The van der Waals surface area contributed by atoms with Gasteiger partial charge in [0.15, 0.2) is 0 Å². The number of carbonyl (C=O) groups excluding carboxylic acids is 1. The summed E-state index contributed by atoms with van der Waals surface area (Å²) in [7, 11) is 0. The molecule has 3 N–H and O–H groups in total. The Morgan fingerprint density at radius 3 is 2.45 bits per heavy atom. The van der Waals surface area contributed by atoms with Crippen LogP contribution in [0, 0.1) is 6.92 Å². The number of hydrogen-bond acceptors (Lipinski definition) is 7. The van der Waals surface area contributed by atoms with Gasteiger partial charge in [-0.25, -0.2) is 4.98 Å². The Balaban J connectivity index is 1.33. The number of H-pyrrole nitrogens is 1. The number of hydrogen-bond donors (Lipinski definition) is 3. The lowest BCUT2D eigenvalue weighted by Crippen LogP contribution is -2.48. The van der Waals surface area contributed by atoms with Crippen LogP contribution in [0.25, 0.3) is 11.0 Å². The van der Waals surface area contributed by atoms with Gasteiger partial charge in [-0.1, -0.05) is 13.8 Å². The van der Waals surface area contributed by atoms with E-state index in [0.717, 1.165) is 78.6 Å². The highest BCUT2D eigenvalue weighted by atomic mass is 16.2. The number of fused-ring (bicyclic) bond motifs is 1. The first kappa shape index (κ1) is 25.6. The van der Waals surface area contributed by atoms with Gasteiger partial charge in [-0.05, 0) is 50.1 Å². The maximum absolute atomic E-state index is 11.6. The summed E-state index contributed by atoms with van der Waals surface area (Å²) in [6.45, 7) is 11.9. The standard InChI is InChI=1S/C28H37N9O/c1-5-23(6-2)37-25(18-29-26-15-19(3)33-34-26)16-21-17-30-28(32-27(21)37)31-22-7-9-24(10-8-22)36-13-11-35(12-14-36)20(4)38/h7-10,15-17,23H,5-6,11-14,18H2,1-4H3,(H2,29,33,34)(H,30,31,32). The molecule has 0 bridgehead atoms. The summed E-state index contributed by atoms with van der Waals surface area (Å²) in [4.78, 5) is 25.4. The van der Waals surface area contributed by atoms with Crippen LogP contribution >= 0.6 is 0 Å². The lowest BCUT2D eigenvalue weighted by atomic mass is 10.1. The van der Waals surface area contributed by atoms with Crippen molar-refractivity contribution in [3.8, 4) is 0 Å². The molecule has 4 aromatic rings. The van der Waals surface area contributed by atoms with Crippen LogP contribution in [0.5, 0.6) is 0 Å². The van der Waals surface area contributed by atoms with Crippen molar-refractivity contribution in [2.75, 3.05) is 41.7 Å². The Morgan fingerprint density at radius 2 is 1.82 bits per heavy atom. The van der Waals surface area contributed by atoms with Crippen LogP contribution in [0.4, 0.5) is 23.1 Å². The van der Waals surface area contributed by atoms with Crippen molar-refractivity contribution in [2.45, 2.75) is 53.1 Å². The lowest BCUT2D eigenvalue weighted by Gasteiger charge is -2.35. The molecular weight excluding hydrogens is 478 g/mol. The minimum Gasteiger partial charge on any atom is -0.368 e. The molecular formula is C28H37N9O. The summed E-state index contributed by atoms with van der Waals surface area (Å²) in [5.74, 6) is 1.56. The number of benzene rings is 1. The van der Waals surface area contributed by atoms with Crippen LogP contribution in [0.1, 0.15) is 51.0 Å². The SMILES string of the molecule is CCC(CC)n1c(CNc2cc(C)[nH]n2)cc2cnc(Nc3ccc(N4CCN(C(C)=O)CC4)cc3)nc21. The summed E-state index contributed by atoms with van der Waals surface area (Å²) in [6, 6.07) is 12.8. The highest BCUT2D eigenvalue weighted by Crippen LogP contribution is 2.29. The summed E-state index contributed by atoms with van der Waals surface area (Å²) in [6.07, 6.45) is 3.93. The van der Waals surface area contributed by atoms with E-state index in [4.69, 9.17) is 4.98 Å². The number of aryl methyl sites for hydroxylation is 1. The van der Waals surface area contributed by atoms with Gasteiger partial charge in [0.05, 0.1) is 6.54 Å². The van der Waals surface area contributed by atoms with E-state index in [9.17, 15) is 4.79 Å². The zero-order chi connectivity index (χ0) is 26.6. The number of piperazine rings is 1. The third-order valence-electron chi connectivity index (χ3n) is 7.33. The first-order chi connectivity index (χ1) is 18.4. The molecule has 1 fully saturated rings. The van der Waals surface area contributed by atoms with Crippen LogP contribution in [-0.4, -0.2) is 61.7 Å². The molecule has 200 valence electrons. The molecule has 0 saturated carbocycles. The quantitative estimate of drug-likeness (QED) is 0.293. The monoisotopic (exact) mass is 515 g/mol. The summed E-state index contributed by atoms with van der Waals surface area (Å²) >= 11 is 0. The topological polar surface area (TPSA) is 107 Å².